The smallest absolute Gasteiger partial charge is 0.339 e. The van der Waals surface area contributed by atoms with Gasteiger partial charge in [0.2, 0.25) is 10.0 Å². The lowest BCUT2D eigenvalue weighted by Crippen LogP contribution is -2.14. The summed E-state index contributed by atoms with van der Waals surface area (Å²) in [5, 5.41) is 6.48. The van der Waals surface area contributed by atoms with Gasteiger partial charge in [0.25, 0.3) is 0 Å². The fraction of sp³-hybridized carbons (Fsp3) is 0.615. The molecular formula is C13H19NO4S2. The summed E-state index contributed by atoms with van der Waals surface area (Å²) in [6.07, 6.45) is 7.09. The van der Waals surface area contributed by atoms with E-state index >= 15 is 0 Å². The van der Waals surface area contributed by atoms with Gasteiger partial charge in [-0.1, -0.05) is 25.7 Å². The molecule has 5 nitrogen and oxygen atoms in total. The fourth-order valence-electron chi connectivity index (χ4n) is 2.38. The summed E-state index contributed by atoms with van der Waals surface area (Å²) in [6, 6.07) is 1.27. The van der Waals surface area contributed by atoms with Gasteiger partial charge < -0.3 is 4.74 Å². The molecule has 0 bridgehead atoms. The van der Waals surface area contributed by atoms with Gasteiger partial charge in [-0.3, -0.25) is 0 Å². The molecule has 0 radical (unpaired) electrons. The van der Waals surface area contributed by atoms with Gasteiger partial charge in [-0.15, -0.1) is 11.3 Å². The molecule has 0 amide bonds. The Morgan fingerprint density at radius 3 is 2.50 bits per heavy atom. The average Bonchev–Trinajstić information content (AvgIpc) is 2.75. The summed E-state index contributed by atoms with van der Waals surface area (Å²) in [6.45, 7) is 0.416. The Kier molecular flexibility index (Phi) is 5.17. The molecule has 1 saturated carbocycles. The van der Waals surface area contributed by atoms with Crippen LogP contribution in [0.5, 0.6) is 0 Å². The van der Waals surface area contributed by atoms with E-state index in [2.05, 4.69) is 0 Å². The highest BCUT2D eigenvalue weighted by Crippen LogP contribution is 2.24. The molecule has 0 aromatic carbocycles. The van der Waals surface area contributed by atoms with E-state index in [9.17, 15) is 13.2 Å². The molecule has 1 aliphatic rings. The lowest BCUT2D eigenvalue weighted by Gasteiger charge is -2.13. The SMILES string of the molecule is NS(=O)(=O)c1cc(C(=O)OCC2CCCCCC2)cs1. The van der Waals surface area contributed by atoms with Crippen LogP contribution in [-0.4, -0.2) is 21.0 Å². The minimum absolute atomic E-state index is 0.0149. The van der Waals surface area contributed by atoms with Crippen LogP contribution in [0.2, 0.25) is 0 Å². The quantitative estimate of drug-likeness (QED) is 0.683. The van der Waals surface area contributed by atoms with E-state index in [0.29, 0.717) is 12.5 Å². The Morgan fingerprint density at radius 1 is 1.30 bits per heavy atom. The summed E-state index contributed by atoms with van der Waals surface area (Å²) in [5.74, 6) is -0.0433. The third kappa shape index (κ3) is 4.29. The molecule has 112 valence electrons. The van der Waals surface area contributed by atoms with Crippen LogP contribution < -0.4 is 5.14 Å². The average molecular weight is 317 g/mol. The minimum atomic E-state index is -3.75. The number of nitrogens with two attached hydrogens (primary N) is 1. The molecule has 20 heavy (non-hydrogen) atoms. The van der Waals surface area contributed by atoms with Gasteiger partial charge in [0.15, 0.2) is 0 Å². The monoisotopic (exact) mass is 317 g/mol. The van der Waals surface area contributed by atoms with Crippen molar-refractivity contribution in [3.8, 4) is 0 Å². The maximum absolute atomic E-state index is 11.9. The Bertz CT molecular complexity index is 557. The third-order valence-corrected chi connectivity index (χ3v) is 5.90. The van der Waals surface area contributed by atoms with Crippen molar-refractivity contribution in [1.29, 1.82) is 0 Å². The lowest BCUT2D eigenvalue weighted by atomic mass is 10.0. The van der Waals surface area contributed by atoms with Crippen LogP contribution >= 0.6 is 11.3 Å². The van der Waals surface area contributed by atoms with Gasteiger partial charge in [0.1, 0.15) is 4.21 Å². The minimum Gasteiger partial charge on any atom is -0.462 e. The maximum atomic E-state index is 11.9. The number of carbonyl (C=O) groups excluding carboxylic acids is 1. The first-order valence-corrected chi connectivity index (χ1v) is 9.18. The van der Waals surface area contributed by atoms with Crippen molar-refractivity contribution >= 4 is 27.3 Å². The number of hydrogen-bond donors (Lipinski definition) is 1. The maximum Gasteiger partial charge on any atom is 0.339 e. The van der Waals surface area contributed by atoms with Crippen molar-refractivity contribution in [2.24, 2.45) is 11.1 Å². The van der Waals surface area contributed by atoms with E-state index in [1.54, 1.807) is 0 Å². The van der Waals surface area contributed by atoms with Gasteiger partial charge in [-0.2, -0.15) is 0 Å². The molecule has 0 unspecified atom stereocenters. The normalized spacial score (nSPS) is 17.6. The highest BCUT2D eigenvalue weighted by Gasteiger charge is 2.18. The predicted octanol–water partition coefficient (Wildman–Crippen LogP) is 2.52. The largest absolute Gasteiger partial charge is 0.462 e. The molecule has 0 saturated heterocycles. The second-order valence-corrected chi connectivity index (χ2v) is 7.85. The number of primary sulfonamides is 1. The third-order valence-electron chi connectivity index (χ3n) is 3.52. The van der Waals surface area contributed by atoms with Crippen molar-refractivity contribution in [2.75, 3.05) is 6.61 Å². The molecule has 2 rings (SSSR count). The molecule has 1 aromatic heterocycles. The summed E-state index contributed by atoms with van der Waals surface area (Å²) < 4.78 is 27.6. The zero-order valence-corrected chi connectivity index (χ0v) is 12.8. The Morgan fingerprint density at radius 2 is 1.95 bits per heavy atom. The number of hydrogen-bond acceptors (Lipinski definition) is 5. The summed E-state index contributed by atoms with van der Waals surface area (Å²) in [5.41, 5.74) is 0.257. The molecule has 0 aliphatic heterocycles. The fourth-order valence-corrected chi connectivity index (χ4v) is 3.95. The van der Waals surface area contributed by atoms with Crippen LogP contribution in [0.25, 0.3) is 0 Å². The highest BCUT2D eigenvalue weighted by atomic mass is 32.2. The van der Waals surface area contributed by atoms with Crippen molar-refractivity contribution in [1.82, 2.24) is 0 Å². The van der Waals surface area contributed by atoms with Crippen LogP contribution in [0.3, 0.4) is 0 Å². The first kappa shape index (κ1) is 15.5. The second-order valence-electron chi connectivity index (χ2n) is 5.16. The molecule has 0 atom stereocenters. The van der Waals surface area contributed by atoms with Crippen molar-refractivity contribution in [2.45, 2.75) is 42.7 Å². The van der Waals surface area contributed by atoms with E-state index in [0.717, 1.165) is 24.2 Å². The first-order chi connectivity index (χ1) is 9.47. The van der Waals surface area contributed by atoms with E-state index in [4.69, 9.17) is 9.88 Å². The Hall–Kier alpha value is -0.920. The van der Waals surface area contributed by atoms with Crippen molar-refractivity contribution < 1.29 is 17.9 Å². The molecule has 2 N–H and O–H groups in total. The zero-order chi connectivity index (χ0) is 14.6. The van der Waals surface area contributed by atoms with E-state index in [1.165, 1.54) is 37.1 Å². The Balaban J connectivity index is 1.90. The van der Waals surface area contributed by atoms with Gasteiger partial charge in [0.05, 0.1) is 12.2 Å². The van der Waals surface area contributed by atoms with Crippen LogP contribution in [0, 0.1) is 5.92 Å². The van der Waals surface area contributed by atoms with Crippen LogP contribution in [-0.2, 0) is 14.8 Å². The van der Waals surface area contributed by atoms with Gasteiger partial charge in [-0.25, -0.2) is 18.4 Å². The molecule has 0 spiro atoms. The predicted molar refractivity (Wildman–Crippen MR) is 77.2 cm³/mol. The second kappa shape index (κ2) is 6.69. The molecule has 1 aromatic rings. The van der Waals surface area contributed by atoms with Gasteiger partial charge in [0, 0.05) is 5.38 Å². The lowest BCUT2D eigenvalue weighted by molar-refractivity contribution is 0.0428. The molecule has 1 heterocycles. The van der Waals surface area contributed by atoms with Gasteiger partial charge >= 0.3 is 5.97 Å². The zero-order valence-electron chi connectivity index (χ0n) is 11.2. The molecule has 7 heteroatoms. The first-order valence-electron chi connectivity index (χ1n) is 6.75. The number of sulfonamides is 1. The van der Waals surface area contributed by atoms with E-state index in [-0.39, 0.29) is 9.77 Å². The standard InChI is InChI=1S/C13H19NO4S2/c14-20(16,17)12-7-11(9-19-12)13(15)18-8-10-5-3-1-2-4-6-10/h7,9-10H,1-6,8H2,(H2,14,16,17). The van der Waals surface area contributed by atoms with Crippen LogP contribution in [0.15, 0.2) is 15.7 Å². The van der Waals surface area contributed by atoms with Crippen molar-refractivity contribution in [3.63, 3.8) is 0 Å². The van der Waals surface area contributed by atoms with Crippen LogP contribution in [0.1, 0.15) is 48.9 Å². The van der Waals surface area contributed by atoms with E-state index < -0.39 is 16.0 Å². The van der Waals surface area contributed by atoms with Crippen LogP contribution in [0.4, 0.5) is 0 Å². The number of rotatable bonds is 4. The molecular weight excluding hydrogens is 298 g/mol. The van der Waals surface area contributed by atoms with Crippen molar-refractivity contribution in [3.05, 3.63) is 17.0 Å². The number of carbonyl (C=O) groups is 1. The van der Waals surface area contributed by atoms with Gasteiger partial charge in [-0.05, 0) is 24.8 Å². The summed E-state index contributed by atoms with van der Waals surface area (Å²) in [7, 11) is -3.75. The number of esters is 1. The summed E-state index contributed by atoms with van der Waals surface area (Å²) in [4.78, 5) is 11.9. The summed E-state index contributed by atoms with van der Waals surface area (Å²) >= 11 is 0.936. The highest BCUT2D eigenvalue weighted by molar-refractivity contribution is 7.91. The number of ether oxygens (including phenoxy) is 1. The Labute approximate surface area is 123 Å². The molecule has 1 fully saturated rings. The number of thiophene rings is 1. The molecule has 1 aliphatic carbocycles. The van der Waals surface area contributed by atoms with E-state index in [1.807, 2.05) is 0 Å². The topological polar surface area (TPSA) is 86.5 Å².